The average molecular weight is 438 g/mol. The predicted octanol–water partition coefficient (Wildman–Crippen LogP) is 3.38. The van der Waals surface area contributed by atoms with Crippen molar-refractivity contribution in [3.8, 4) is 10.6 Å². The highest BCUT2D eigenvalue weighted by Gasteiger charge is 2.42. The lowest BCUT2D eigenvalue weighted by molar-refractivity contribution is -0.140. The molecule has 3 aromatic heterocycles. The summed E-state index contributed by atoms with van der Waals surface area (Å²) in [5.41, 5.74) is 8.76. The molecule has 0 aliphatic carbocycles. The first-order chi connectivity index (χ1) is 15.0. The van der Waals surface area contributed by atoms with E-state index in [1.807, 2.05) is 47.0 Å². The van der Waals surface area contributed by atoms with Crippen molar-refractivity contribution in [3.05, 3.63) is 52.7 Å². The number of nitrogens with zero attached hydrogens (tertiary/aromatic N) is 4. The van der Waals surface area contributed by atoms with Gasteiger partial charge in [0, 0.05) is 43.5 Å². The number of piperidine rings is 1. The van der Waals surface area contributed by atoms with Gasteiger partial charge in [-0.3, -0.25) is 9.48 Å². The van der Waals surface area contributed by atoms with E-state index in [-0.39, 0.29) is 11.5 Å². The summed E-state index contributed by atoms with van der Waals surface area (Å²) in [4.78, 5) is 21.7. The van der Waals surface area contributed by atoms with E-state index in [1.54, 1.807) is 11.3 Å². The number of fused-ring (bicyclic) bond motifs is 2. The van der Waals surface area contributed by atoms with Crippen LogP contribution in [0.1, 0.15) is 35.4 Å². The number of carbonyl (C=O) groups is 1. The average Bonchev–Trinajstić information content (AvgIpc) is 3.40. The molecular weight excluding hydrogens is 410 g/mol. The van der Waals surface area contributed by atoms with Crippen LogP contribution in [-0.2, 0) is 28.1 Å². The highest BCUT2D eigenvalue weighted by atomic mass is 32.1. The summed E-state index contributed by atoms with van der Waals surface area (Å²) in [5, 5.41) is 4.37. The summed E-state index contributed by atoms with van der Waals surface area (Å²) in [6.45, 7) is 4.75. The van der Waals surface area contributed by atoms with Gasteiger partial charge in [-0.1, -0.05) is 6.07 Å². The van der Waals surface area contributed by atoms with Gasteiger partial charge in [0.15, 0.2) is 0 Å². The van der Waals surface area contributed by atoms with Crippen LogP contribution in [0.2, 0.25) is 0 Å². The smallest absolute Gasteiger partial charge is 0.224 e. The molecule has 2 N–H and O–H groups in total. The molecule has 1 saturated heterocycles. The number of hydrogen-bond donors (Lipinski definition) is 1. The van der Waals surface area contributed by atoms with Gasteiger partial charge < -0.3 is 15.4 Å². The van der Waals surface area contributed by atoms with Crippen LogP contribution >= 0.6 is 11.3 Å². The van der Waals surface area contributed by atoms with Crippen LogP contribution in [-0.4, -0.2) is 45.3 Å². The summed E-state index contributed by atoms with van der Waals surface area (Å²) in [6.07, 6.45) is 4.98. The molecule has 7 nitrogen and oxygen atoms in total. The monoisotopic (exact) mass is 437 g/mol. The zero-order valence-electron chi connectivity index (χ0n) is 17.7. The molecule has 2 aliphatic rings. The van der Waals surface area contributed by atoms with Gasteiger partial charge in [-0.2, -0.15) is 5.10 Å². The molecule has 0 unspecified atom stereocenters. The fraction of sp³-hybridized carbons (Fsp3) is 0.435. The van der Waals surface area contributed by atoms with Crippen molar-refractivity contribution >= 4 is 23.1 Å². The Hall–Kier alpha value is -2.71. The third-order valence-corrected chi connectivity index (χ3v) is 7.50. The van der Waals surface area contributed by atoms with E-state index in [1.165, 1.54) is 10.4 Å². The van der Waals surface area contributed by atoms with Crippen LogP contribution in [0.25, 0.3) is 10.6 Å². The summed E-state index contributed by atoms with van der Waals surface area (Å²) < 4.78 is 8.22. The highest BCUT2D eigenvalue weighted by Crippen LogP contribution is 2.46. The van der Waals surface area contributed by atoms with Gasteiger partial charge in [0.2, 0.25) is 5.91 Å². The molecule has 31 heavy (non-hydrogen) atoms. The maximum Gasteiger partial charge on any atom is 0.224 e. The van der Waals surface area contributed by atoms with Gasteiger partial charge in [-0.25, -0.2) is 4.98 Å². The minimum Gasteiger partial charge on any atom is -0.384 e. The molecule has 0 bridgehead atoms. The maximum absolute atomic E-state index is 12.7. The number of nitrogens with two attached hydrogens (primary N) is 1. The number of aromatic nitrogens is 3. The second-order valence-electron chi connectivity index (χ2n) is 8.34. The van der Waals surface area contributed by atoms with Crippen molar-refractivity contribution in [2.75, 3.05) is 25.4 Å². The number of anilines is 1. The number of rotatable bonds is 4. The first-order valence-corrected chi connectivity index (χ1v) is 11.6. The van der Waals surface area contributed by atoms with Gasteiger partial charge in [0.25, 0.3) is 0 Å². The van der Waals surface area contributed by atoms with Crippen LogP contribution in [0.5, 0.6) is 0 Å². The third-order valence-electron chi connectivity index (χ3n) is 6.28. The topological polar surface area (TPSA) is 86.3 Å². The fourth-order valence-electron chi connectivity index (χ4n) is 4.62. The van der Waals surface area contributed by atoms with Crippen molar-refractivity contribution in [3.63, 3.8) is 0 Å². The second-order valence-corrected chi connectivity index (χ2v) is 9.48. The number of ether oxygens (including phenoxy) is 1. The Labute approximate surface area is 185 Å². The van der Waals surface area contributed by atoms with E-state index in [2.05, 4.69) is 16.1 Å². The quantitative estimate of drug-likeness (QED) is 0.676. The Bertz CT molecular complexity index is 1100. The molecule has 0 saturated carbocycles. The first kappa shape index (κ1) is 20.2. The first-order valence-electron chi connectivity index (χ1n) is 10.8. The number of pyridine rings is 1. The molecule has 0 radical (unpaired) electrons. The number of amides is 1. The van der Waals surface area contributed by atoms with Gasteiger partial charge in [-0.15, -0.1) is 11.3 Å². The van der Waals surface area contributed by atoms with Crippen LogP contribution in [0.15, 0.2) is 36.5 Å². The molecule has 0 atom stereocenters. The molecule has 1 spiro atoms. The maximum atomic E-state index is 12.7. The Morgan fingerprint density at radius 2 is 2.13 bits per heavy atom. The van der Waals surface area contributed by atoms with E-state index < -0.39 is 0 Å². The zero-order chi connectivity index (χ0) is 21.4. The number of nitrogen functional groups attached to an aromatic ring is 1. The SMILES string of the molecule is Cc1ccn(CCC(=O)N2CCC3(CC2)OCCc2sc(-c4cccc(N)n4)cc23)n1. The van der Waals surface area contributed by atoms with Gasteiger partial charge in [0.1, 0.15) is 5.82 Å². The lowest BCUT2D eigenvalue weighted by Crippen LogP contribution is -2.48. The van der Waals surface area contributed by atoms with Gasteiger partial charge >= 0.3 is 0 Å². The highest BCUT2D eigenvalue weighted by molar-refractivity contribution is 7.15. The van der Waals surface area contributed by atoms with Crippen LogP contribution in [0.3, 0.4) is 0 Å². The number of thiophene rings is 1. The largest absolute Gasteiger partial charge is 0.384 e. The van der Waals surface area contributed by atoms with Crippen LogP contribution < -0.4 is 5.73 Å². The van der Waals surface area contributed by atoms with Crippen molar-refractivity contribution in [1.82, 2.24) is 19.7 Å². The van der Waals surface area contributed by atoms with E-state index in [0.29, 0.717) is 18.8 Å². The molecular formula is C23H27N5O2S. The third kappa shape index (κ3) is 3.97. The molecule has 5 heterocycles. The van der Waals surface area contributed by atoms with Crippen molar-refractivity contribution < 1.29 is 9.53 Å². The summed E-state index contributed by atoms with van der Waals surface area (Å²) in [6, 6.07) is 9.95. The molecule has 5 rings (SSSR count). The predicted molar refractivity (Wildman–Crippen MR) is 121 cm³/mol. The minimum absolute atomic E-state index is 0.189. The lowest BCUT2D eigenvalue weighted by atomic mass is 9.82. The number of hydrogen-bond acceptors (Lipinski definition) is 6. The summed E-state index contributed by atoms with van der Waals surface area (Å²) in [5.74, 6) is 0.723. The van der Waals surface area contributed by atoms with Crippen molar-refractivity contribution in [2.24, 2.45) is 0 Å². The molecule has 8 heteroatoms. The molecule has 1 amide bonds. The Kier molecular flexibility index (Phi) is 5.27. The lowest BCUT2D eigenvalue weighted by Gasteiger charge is -2.44. The van der Waals surface area contributed by atoms with E-state index >= 15 is 0 Å². The summed E-state index contributed by atoms with van der Waals surface area (Å²) in [7, 11) is 0. The Morgan fingerprint density at radius 1 is 1.29 bits per heavy atom. The summed E-state index contributed by atoms with van der Waals surface area (Å²) >= 11 is 1.79. The van der Waals surface area contributed by atoms with Crippen LogP contribution in [0, 0.1) is 6.92 Å². The molecule has 162 valence electrons. The van der Waals surface area contributed by atoms with Crippen molar-refractivity contribution in [1.29, 1.82) is 0 Å². The molecule has 0 aromatic carbocycles. The normalized spacial score (nSPS) is 17.6. The van der Waals surface area contributed by atoms with Gasteiger partial charge in [0.05, 0.1) is 28.5 Å². The molecule has 2 aliphatic heterocycles. The van der Waals surface area contributed by atoms with Gasteiger partial charge in [-0.05, 0) is 49.6 Å². The van der Waals surface area contributed by atoms with E-state index in [0.717, 1.165) is 55.2 Å². The fourth-order valence-corrected chi connectivity index (χ4v) is 5.82. The number of carbonyl (C=O) groups excluding carboxylic acids is 1. The molecule has 3 aromatic rings. The zero-order valence-corrected chi connectivity index (χ0v) is 18.5. The van der Waals surface area contributed by atoms with E-state index in [9.17, 15) is 4.79 Å². The van der Waals surface area contributed by atoms with Crippen molar-refractivity contribution in [2.45, 2.75) is 44.8 Å². The Balaban J connectivity index is 1.28. The van der Waals surface area contributed by atoms with Crippen LogP contribution in [0.4, 0.5) is 5.82 Å². The number of aryl methyl sites for hydroxylation is 2. The molecule has 1 fully saturated rings. The second kappa shape index (κ2) is 8.09. The van der Waals surface area contributed by atoms with E-state index in [4.69, 9.17) is 10.5 Å². The minimum atomic E-state index is -0.293. The standard InChI is InChI=1S/C23H27N5O2S/c1-16-5-10-28(26-16)11-6-22(29)27-12-8-23(9-13-27)17-15-20(31-19(17)7-14-30-23)18-3-2-4-21(24)25-18/h2-5,10,15H,6-9,11-14H2,1H3,(H2,24,25). The number of likely N-dealkylation sites (tertiary alicyclic amines) is 1. The Morgan fingerprint density at radius 3 is 2.87 bits per heavy atom.